The zero-order chi connectivity index (χ0) is 18.1. The summed E-state index contributed by atoms with van der Waals surface area (Å²) in [6, 6.07) is 12.8. The van der Waals surface area contributed by atoms with Gasteiger partial charge in [-0.05, 0) is 29.1 Å². The lowest BCUT2D eigenvalue weighted by atomic mass is 10.0. The van der Waals surface area contributed by atoms with Crippen LogP contribution in [0.4, 0.5) is 0 Å². The molecule has 0 aliphatic rings. The van der Waals surface area contributed by atoms with Gasteiger partial charge in [-0.1, -0.05) is 24.3 Å². The van der Waals surface area contributed by atoms with Crippen LogP contribution in [0, 0.1) is 0 Å². The number of carboxylic acid groups (broad SMARTS) is 1. The zero-order valence-corrected chi connectivity index (χ0v) is 15.0. The van der Waals surface area contributed by atoms with E-state index in [1.807, 2.05) is 41.8 Å². The van der Waals surface area contributed by atoms with Crippen molar-refractivity contribution >= 4 is 43.9 Å². The number of aromatic nitrogens is 2. The number of carboxylic acids is 1. The molecule has 6 nitrogen and oxygen atoms in total. The molecule has 0 unspecified atom stereocenters. The molecule has 4 aromatic rings. The number of nitrogens with zero attached hydrogens (tertiary/aromatic N) is 1. The summed E-state index contributed by atoms with van der Waals surface area (Å²) < 4.78 is 1.13. The number of aromatic amines is 1. The molecule has 1 aromatic carbocycles. The maximum Gasteiger partial charge on any atom is 0.353 e. The minimum atomic E-state index is -1.06. The molecule has 26 heavy (non-hydrogen) atoms. The molecule has 130 valence electrons. The summed E-state index contributed by atoms with van der Waals surface area (Å²) >= 11 is 3.10. The van der Waals surface area contributed by atoms with Gasteiger partial charge in [-0.25, -0.2) is 4.79 Å². The summed E-state index contributed by atoms with van der Waals surface area (Å²) in [6.07, 6.45) is 0. The van der Waals surface area contributed by atoms with Gasteiger partial charge in [0.25, 0.3) is 5.91 Å². The first-order valence-electron chi connectivity index (χ1n) is 7.74. The summed E-state index contributed by atoms with van der Waals surface area (Å²) in [5, 5.41) is 21.6. The first-order chi connectivity index (χ1) is 12.6. The van der Waals surface area contributed by atoms with Gasteiger partial charge in [0.15, 0.2) is 0 Å². The van der Waals surface area contributed by atoms with Crippen molar-refractivity contribution in [2.45, 2.75) is 6.54 Å². The first kappa shape index (κ1) is 16.5. The molecule has 3 aromatic heterocycles. The van der Waals surface area contributed by atoms with E-state index in [0.29, 0.717) is 17.1 Å². The molecule has 3 N–H and O–H groups in total. The van der Waals surface area contributed by atoms with Gasteiger partial charge in [-0.15, -0.1) is 22.7 Å². The number of carbonyl (C=O) groups excluding carboxylic acids is 1. The Bertz CT molecular complexity index is 1080. The van der Waals surface area contributed by atoms with E-state index in [4.69, 9.17) is 5.11 Å². The molecule has 0 fully saturated rings. The highest BCUT2D eigenvalue weighted by Gasteiger charge is 2.14. The molecular formula is C18H13N3O3S2. The van der Waals surface area contributed by atoms with Crippen LogP contribution < -0.4 is 5.32 Å². The standard InChI is InChI=1S/C18H13N3O3S2/c22-16(15-7-10-5-6-25-18(10)26-15)19-9-11-3-1-2-4-12(11)13-8-14(17(23)24)21-20-13/h1-8H,9H2,(H,19,22)(H,20,21)(H,23,24). The van der Waals surface area contributed by atoms with Gasteiger partial charge >= 0.3 is 5.97 Å². The fourth-order valence-corrected chi connectivity index (χ4v) is 4.66. The predicted octanol–water partition coefficient (Wildman–Crippen LogP) is 3.98. The fraction of sp³-hybridized carbons (Fsp3) is 0.0556. The average molecular weight is 383 g/mol. The van der Waals surface area contributed by atoms with Gasteiger partial charge in [0.2, 0.25) is 0 Å². The van der Waals surface area contributed by atoms with Crippen LogP contribution in [0.3, 0.4) is 0 Å². The third-order valence-corrected chi connectivity index (χ3v) is 6.12. The van der Waals surface area contributed by atoms with Gasteiger partial charge < -0.3 is 10.4 Å². The van der Waals surface area contributed by atoms with Crippen LogP contribution in [0.15, 0.2) is 47.8 Å². The van der Waals surface area contributed by atoms with Crippen molar-refractivity contribution in [2.75, 3.05) is 0 Å². The summed E-state index contributed by atoms with van der Waals surface area (Å²) in [6.45, 7) is 0.329. The van der Waals surface area contributed by atoms with Crippen LogP contribution in [0.5, 0.6) is 0 Å². The monoisotopic (exact) mass is 383 g/mol. The predicted molar refractivity (Wildman–Crippen MR) is 102 cm³/mol. The van der Waals surface area contributed by atoms with Crippen LogP contribution in [0.25, 0.3) is 20.7 Å². The summed E-state index contributed by atoms with van der Waals surface area (Å²) in [4.78, 5) is 24.1. The molecule has 8 heteroatoms. The minimum Gasteiger partial charge on any atom is -0.477 e. The number of fused-ring (bicyclic) bond motifs is 1. The molecule has 4 rings (SSSR count). The third-order valence-electron chi connectivity index (χ3n) is 3.91. The number of H-pyrrole nitrogens is 1. The zero-order valence-electron chi connectivity index (χ0n) is 13.4. The van der Waals surface area contributed by atoms with E-state index in [9.17, 15) is 9.59 Å². The topological polar surface area (TPSA) is 95.1 Å². The van der Waals surface area contributed by atoms with Gasteiger partial charge in [0.1, 0.15) is 5.69 Å². The second kappa shape index (κ2) is 6.74. The second-order valence-electron chi connectivity index (χ2n) is 5.59. The molecule has 0 bridgehead atoms. The first-order valence-corrected chi connectivity index (χ1v) is 9.43. The number of amides is 1. The van der Waals surface area contributed by atoms with E-state index < -0.39 is 5.97 Å². The average Bonchev–Trinajstić information content (AvgIpc) is 3.35. The molecule has 0 saturated heterocycles. The summed E-state index contributed by atoms with van der Waals surface area (Å²) in [5.41, 5.74) is 2.20. The highest BCUT2D eigenvalue weighted by atomic mass is 32.2. The Hall–Kier alpha value is -2.97. The second-order valence-corrected chi connectivity index (χ2v) is 7.81. The van der Waals surface area contributed by atoms with E-state index in [1.165, 1.54) is 17.4 Å². The van der Waals surface area contributed by atoms with Gasteiger partial charge in [-0.3, -0.25) is 9.89 Å². The van der Waals surface area contributed by atoms with Crippen molar-refractivity contribution in [1.29, 1.82) is 0 Å². The van der Waals surface area contributed by atoms with Crippen molar-refractivity contribution in [3.05, 3.63) is 64.0 Å². The summed E-state index contributed by atoms with van der Waals surface area (Å²) in [5.74, 6) is -1.19. The lowest BCUT2D eigenvalue weighted by Gasteiger charge is -2.08. The van der Waals surface area contributed by atoms with Crippen molar-refractivity contribution in [3.8, 4) is 11.3 Å². The molecule has 0 spiro atoms. The van der Waals surface area contributed by atoms with E-state index in [2.05, 4.69) is 15.5 Å². The van der Waals surface area contributed by atoms with Gasteiger partial charge in [0, 0.05) is 17.5 Å². The number of hydrogen-bond acceptors (Lipinski definition) is 5. The number of thiophene rings is 2. The number of carbonyl (C=O) groups is 2. The maximum absolute atomic E-state index is 12.4. The number of hydrogen-bond donors (Lipinski definition) is 3. The molecule has 3 heterocycles. The van der Waals surface area contributed by atoms with E-state index in [0.717, 1.165) is 20.5 Å². The van der Waals surface area contributed by atoms with Crippen molar-refractivity contribution in [1.82, 2.24) is 15.5 Å². The van der Waals surface area contributed by atoms with Crippen LogP contribution in [-0.4, -0.2) is 27.2 Å². The Kier molecular flexibility index (Phi) is 4.27. The Morgan fingerprint density at radius 1 is 1.19 bits per heavy atom. The Morgan fingerprint density at radius 3 is 2.81 bits per heavy atom. The largest absolute Gasteiger partial charge is 0.477 e. The number of nitrogens with one attached hydrogen (secondary N) is 2. The highest BCUT2D eigenvalue weighted by Crippen LogP contribution is 2.30. The Morgan fingerprint density at radius 2 is 2.04 bits per heavy atom. The number of aromatic carboxylic acids is 1. The molecular weight excluding hydrogens is 370 g/mol. The number of rotatable bonds is 5. The normalized spacial score (nSPS) is 10.9. The van der Waals surface area contributed by atoms with Gasteiger partial charge in [-0.2, -0.15) is 5.10 Å². The highest BCUT2D eigenvalue weighted by molar-refractivity contribution is 7.38. The van der Waals surface area contributed by atoms with Crippen LogP contribution in [0.1, 0.15) is 25.7 Å². The third kappa shape index (κ3) is 3.12. The molecule has 1 amide bonds. The van der Waals surface area contributed by atoms with Crippen molar-refractivity contribution in [3.63, 3.8) is 0 Å². The summed E-state index contributed by atoms with van der Waals surface area (Å²) in [7, 11) is 0. The smallest absolute Gasteiger partial charge is 0.353 e. The molecule has 0 saturated carbocycles. The van der Waals surface area contributed by atoms with Crippen molar-refractivity contribution < 1.29 is 14.7 Å². The van der Waals surface area contributed by atoms with Crippen LogP contribution >= 0.6 is 22.7 Å². The van der Waals surface area contributed by atoms with Crippen molar-refractivity contribution in [2.24, 2.45) is 0 Å². The van der Waals surface area contributed by atoms with Crippen LogP contribution in [-0.2, 0) is 6.54 Å². The Balaban J connectivity index is 1.53. The quantitative estimate of drug-likeness (QED) is 0.486. The van der Waals surface area contributed by atoms with E-state index in [1.54, 1.807) is 11.3 Å². The van der Waals surface area contributed by atoms with Crippen LogP contribution in [0.2, 0.25) is 0 Å². The van der Waals surface area contributed by atoms with Gasteiger partial charge in [0.05, 0.1) is 14.6 Å². The Labute approximate surface area is 156 Å². The molecule has 0 atom stereocenters. The lowest BCUT2D eigenvalue weighted by Crippen LogP contribution is -2.22. The lowest BCUT2D eigenvalue weighted by molar-refractivity contribution is 0.0690. The van der Waals surface area contributed by atoms with E-state index >= 15 is 0 Å². The maximum atomic E-state index is 12.4. The number of benzene rings is 1. The molecule has 0 aliphatic carbocycles. The fourth-order valence-electron chi connectivity index (χ4n) is 2.63. The molecule has 0 aliphatic heterocycles. The molecule has 0 radical (unpaired) electrons. The van der Waals surface area contributed by atoms with E-state index in [-0.39, 0.29) is 11.6 Å². The minimum absolute atomic E-state index is 0.0255. The SMILES string of the molecule is O=C(O)c1cc(-c2ccccc2CNC(=O)c2cc3ccsc3s2)n[nH]1.